The topological polar surface area (TPSA) is 87.7 Å². The highest BCUT2D eigenvalue weighted by molar-refractivity contribution is 5.92. The third kappa shape index (κ3) is 8.47. The highest BCUT2D eigenvalue weighted by Crippen LogP contribution is 2.29. The third-order valence-corrected chi connectivity index (χ3v) is 6.45. The first kappa shape index (κ1) is 30.6. The second kappa shape index (κ2) is 13.8. The fourth-order valence-corrected chi connectivity index (χ4v) is 4.33. The van der Waals surface area contributed by atoms with E-state index in [0.29, 0.717) is 13.0 Å². The van der Waals surface area contributed by atoms with Crippen LogP contribution < -0.4 is 10.6 Å². The second-order valence-electron chi connectivity index (χ2n) is 10.7. The van der Waals surface area contributed by atoms with Crippen LogP contribution in [0, 0.1) is 19.8 Å². The zero-order chi connectivity index (χ0) is 28.5. The summed E-state index contributed by atoms with van der Waals surface area (Å²) in [5.41, 5.74) is 2.78. The van der Waals surface area contributed by atoms with Crippen LogP contribution in [0.5, 0.6) is 0 Å². The van der Waals surface area contributed by atoms with Crippen LogP contribution in [0.15, 0.2) is 61.2 Å². The lowest BCUT2D eigenvalue weighted by Crippen LogP contribution is -2.55. The van der Waals surface area contributed by atoms with Crippen molar-refractivity contribution < 1.29 is 19.1 Å². The molecular weight excluding hydrogens is 478 g/mol. The van der Waals surface area contributed by atoms with Gasteiger partial charge in [0.25, 0.3) is 0 Å². The summed E-state index contributed by atoms with van der Waals surface area (Å²) in [7, 11) is 0. The van der Waals surface area contributed by atoms with E-state index in [2.05, 4.69) is 17.2 Å². The number of benzene rings is 2. The van der Waals surface area contributed by atoms with Crippen molar-refractivity contribution in [2.45, 2.75) is 79.1 Å². The molecule has 0 aromatic heterocycles. The summed E-state index contributed by atoms with van der Waals surface area (Å²) in [5, 5.41) is 5.80. The molecule has 3 unspecified atom stereocenters. The first-order valence-corrected chi connectivity index (χ1v) is 13.2. The van der Waals surface area contributed by atoms with Gasteiger partial charge >= 0.3 is 6.09 Å². The number of hydrogen-bond acceptors (Lipinski definition) is 4. The zero-order valence-corrected chi connectivity index (χ0v) is 23.8. The van der Waals surface area contributed by atoms with E-state index in [1.165, 1.54) is 4.90 Å². The summed E-state index contributed by atoms with van der Waals surface area (Å²) in [6.45, 7) is 17.3. The van der Waals surface area contributed by atoms with Crippen LogP contribution >= 0.6 is 0 Å². The van der Waals surface area contributed by atoms with Gasteiger partial charge in [-0.25, -0.2) is 4.79 Å². The van der Waals surface area contributed by atoms with Gasteiger partial charge in [-0.3, -0.25) is 9.59 Å². The number of ether oxygens (including phenoxy) is 1. The number of carbonyl (C=O) groups is 3. The van der Waals surface area contributed by atoms with Gasteiger partial charge < -0.3 is 20.3 Å². The van der Waals surface area contributed by atoms with Crippen molar-refractivity contribution in [3.63, 3.8) is 0 Å². The Hall–Kier alpha value is -3.61. The van der Waals surface area contributed by atoms with Gasteiger partial charge in [0.05, 0.1) is 0 Å². The molecule has 0 aliphatic heterocycles. The van der Waals surface area contributed by atoms with Crippen molar-refractivity contribution in [3.8, 4) is 0 Å². The highest BCUT2D eigenvalue weighted by atomic mass is 16.6. The van der Waals surface area contributed by atoms with Crippen molar-refractivity contribution in [2.75, 3.05) is 6.54 Å². The number of amides is 3. The Morgan fingerprint density at radius 2 is 1.63 bits per heavy atom. The minimum absolute atomic E-state index is 0.124. The van der Waals surface area contributed by atoms with E-state index in [4.69, 9.17) is 4.74 Å². The maximum Gasteiger partial charge on any atom is 0.408 e. The van der Waals surface area contributed by atoms with Gasteiger partial charge in [0.15, 0.2) is 0 Å². The first-order chi connectivity index (χ1) is 17.9. The van der Waals surface area contributed by atoms with Crippen LogP contribution in [0.2, 0.25) is 0 Å². The average molecular weight is 522 g/mol. The number of alkyl carbamates (subject to hydrolysis) is 1. The van der Waals surface area contributed by atoms with Gasteiger partial charge in [-0.2, -0.15) is 0 Å². The highest BCUT2D eigenvalue weighted by Gasteiger charge is 2.38. The Morgan fingerprint density at radius 1 is 1.03 bits per heavy atom. The second-order valence-corrected chi connectivity index (χ2v) is 10.7. The zero-order valence-electron chi connectivity index (χ0n) is 23.8. The first-order valence-electron chi connectivity index (χ1n) is 13.2. The summed E-state index contributed by atoms with van der Waals surface area (Å²) in [6, 6.07) is 13.6. The molecule has 206 valence electrons. The summed E-state index contributed by atoms with van der Waals surface area (Å²) in [6.07, 6.45) is 1.57. The number of rotatable bonds is 11. The SMILES string of the molecule is C=CCN(C(=O)C(NC(=O)OC(C)(C)C)C(C)CC)C(C(=O)NCc1ccccc1)c1c(C)cccc1C. The van der Waals surface area contributed by atoms with Crippen LogP contribution in [0.3, 0.4) is 0 Å². The Balaban J connectivity index is 2.52. The summed E-state index contributed by atoms with van der Waals surface area (Å²) in [5.74, 6) is -0.873. The van der Waals surface area contributed by atoms with Crippen LogP contribution in [-0.4, -0.2) is 41.0 Å². The largest absolute Gasteiger partial charge is 0.444 e. The molecule has 0 aliphatic carbocycles. The number of nitrogens with zero attached hydrogens (tertiary/aromatic N) is 1. The predicted octanol–water partition coefficient (Wildman–Crippen LogP) is 5.61. The lowest BCUT2D eigenvalue weighted by molar-refractivity contribution is -0.142. The minimum atomic E-state index is -0.919. The minimum Gasteiger partial charge on any atom is -0.444 e. The average Bonchev–Trinajstić information content (AvgIpc) is 2.86. The smallest absolute Gasteiger partial charge is 0.408 e. The van der Waals surface area contributed by atoms with E-state index in [1.54, 1.807) is 26.8 Å². The summed E-state index contributed by atoms with van der Waals surface area (Å²) in [4.78, 5) is 42.3. The molecular formula is C31H43N3O4. The molecule has 0 spiro atoms. The van der Waals surface area contributed by atoms with E-state index in [9.17, 15) is 14.4 Å². The molecule has 2 aromatic carbocycles. The Bertz CT molecular complexity index is 1090. The summed E-state index contributed by atoms with van der Waals surface area (Å²) < 4.78 is 5.45. The molecule has 0 radical (unpaired) electrons. The quantitative estimate of drug-likeness (QED) is 0.376. The van der Waals surface area contributed by atoms with Gasteiger partial charge in [-0.1, -0.05) is 74.9 Å². The van der Waals surface area contributed by atoms with Gasteiger partial charge in [0, 0.05) is 13.1 Å². The van der Waals surface area contributed by atoms with Crippen molar-refractivity contribution in [1.82, 2.24) is 15.5 Å². The number of carbonyl (C=O) groups excluding carboxylic acids is 3. The monoisotopic (exact) mass is 521 g/mol. The maximum absolute atomic E-state index is 14.2. The van der Waals surface area contributed by atoms with Crippen molar-refractivity contribution in [3.05, 3.63) is 83.4 Å². The molecule has 3 amide bonds. The fourth-order valence-electron chi connectivity index (χ4n) is 4.33. The van der Waals surface area contributed by atoms with Gasteiger partial charge in [0.2, 0.25) is 11.8 Å². The number of nitrogens with one attached hydrogen (secondary N) is 2. The molecule has 0 saturated carbocycles. The Labute approximate surface area is 227 Å². The van der Waals surface area contributed by atoms with E-state index in [1.807, 2.05) is 76.2 Å². The molecule has 2 aromatic rings. The molecule has 2 N–H and O–H groups in total. The molecule has 0 saturated heterocycles. The maximum atomic E-state index is 14.2. The molecule has 0 aliphatic rings. The molecule has 0 bridgehead atoms. The third-order valence-electron chi connectivity index (χ3n) is 6.45. The molecule has 7 heteroatoms. The van der Waals surface area contributed by atoms with E-state index >= 15 is 0 Å². The molecule has 38 heavy (non-hydrogen) atoms. The summed E-state index contributed by atoms with van der Waals surface area (Å²) >= 11 is 0. The van der Waals surface area contributed by atoms with Crippen molar-refractivity contribution >= 4 is 17.9 Å². The normalized spacial score (nSPS) is 13.6. The molecule has 3 atom stereocenters. The molecule has 0 heterocycles. The van der Waals surface area contributed by atoms with Crippen LogP contribution in [0.4, 0.5) is 4.79 Å². The van der Waals surface area contributed by atoms with Crippen LogP contribution in [0.25, 0.3) is 0 Å². The van der Waals surface area contributed by atoms with Crippen LogP contribution in [-0.2, 0) is 20.9 Å². The molecule has 7 nitrogen and oxygen atoms in total. The van der Waals surface area contributed by atoms with Crippen molar-refractivity contribution in [2.24, 2.45) is 5.92 Å². The lowest BCUT2D eigenvalue weighted by atomic mass is 9.92. The van der Waals surface area contributed by atoms with Gasteiger partial charge in [-0.05, 0) is 62.8 Å². The van der Waals surface area contributed by atoms with E-state index < -0.39 is 23.8 Å². The molecule has 2 rings (SSSR count). The van der Waals surface area contributed by atoms with Crippen molar-refractivity contribution in [1.29, 1.82) is 0 Å². The van der Waals surface area contributed by atoms with Gasteiger partial charge in [0.1, 0.15) is 17.7 Å². The Morgan fingerprint density at radius 3 is 2.16 bits per heavy atom. The van der Waals surface area contributed by atoms with Crippen LogP contribution in [0.1, 0.15) is 69.3 Å². The van der Waals surface area contributed by atoms with Gasteiger partial charge in [-0.15, -0.1) is 6.58 Å². The molecule has 0 fully saturated rings. The Kier molecular flexibility index (Phi) is 11.1. The van der Waals surface area contributed by atoms with E-state index in [-0.39, 0.29) is 24.3 Å². The number of hydrogen-bond donors (Lipinski definition) is 2. The standard InChI is InChI=1S/C31H43N3O4/c1-9-19-34(29(36)26(21(3)10-2)33-30(37)38-31(6,7)8)27(25-22(4)15-14-16-23(25)5)28(35)32-20-24-17-12-11-13-18-24/h9,11-18,21,26-27H,1,10,19-20H2,2-8H3,(H,32,35)(H,33,37). The fraction of sp³-hybridized carbons (Fsp3) is 0.452. The lowest BCUT2D eigenvalue weighted by Gasteiger charge is -2.36. The van der Waals surface area contributed by atoms with E-state index in [0.717, 1.165) is 22.3 Å². The number of aryl methyl sites for hydroxylation is 2. The predicted molar refractivity (Wildman–Crippen MR) is 151 cm³/mol.